The van der Waals surface area contributed by atoms with Crippen LogP contribution in [0.3, 0.4) is 0 Å². The fraction of sp³-hybridized carbons (Fsp3) is 0.235. The van der Waals surface area contributed by atoms with Gasteiger partial charge in [0.05, 0.1) is 0 Å². The van der Waals surface area contributed by atoms with Crippen LogP contribution in [0.15, 0.2) is 30.5 Å². The topological polar surface area (TPSA) is 65.8 Å². The highest BCUT2D eigenvalue weighted by molar-refractivity contribution is 14.2. The van der Waals surface area contributed by atoms with E-state index in [-0.39, 0.29) is 0 Å². The zero-order chi connectivity index (χ0) is 17.1. The Balaban J connectivity index is 1.99. The van der Waals surface area contributed by atoms with E-state index in [2.05, 4.69) is 66.2 Å². The highest BCUT2D eigenvalue weighted by Gasteiger charge is 2.15. The highest BCUT2D eigenvalue weighted by atomic mass is 127. The average Bonchev–Trinajstić information content (AvgIpc) is 2.77. The first kappa shape index (κ1) is 18.0. The lowest BCUT2D eigenvalue weighted by molar-refractivity contribution is -0.118. The van der Waals surface area contributed by atoms with Crippen molar-refractivity contribution in [3.8, 4) is 11.1 Å². The molecule has 7 heteroatoms. The summed E-state index contributed by atoms with van der Waals surface area (Å²) < 4.78 is 0.314. The van der Waals surface area contributed by atoms with Crippen LogP contribution in [0.4, 0.5) is 5.82 Å². The Morgan fingerprint density at radius 2 is 1.92 bits per heavy atom. The summed E-state index contributed by atoms with van der Waals surface area (Å²) in [4.78, 5) is 16.2. The fourth-order valence-corrected chi connectivity index (χ4v) is 4.25. The van der Waals surface area contributed by atoms with E-state index in [9.17, 15) is 4.79 Å². The molecule has 0 spiro atoms. The van der Waals surface area contributed by atoms with E-state index in [0.29, 0.717) is 35.4 Å². The Labute approximate surface area is 164 Å². The van der Waals surface area contributed by atoms with Crippen molar-refractivity contribution >= 4 is 60.6 Å². The number of aryl methyl sites for hydroxylation is 2. The molecule has 1 aromatic carbocycles. The van der Waals surface area contributed by atoms with Gasteiger partial charge in [0.1, 0.15) is 16.2 Å². The van der Waals surface area contributed by atoms with Crippen molar-refractivity contribution < 1.29 is 4.79 Å². The number of hydrogen-bond donors (Lipinski definition) is 2. The predicted molar refractivity (Wildman–Crippen MR) is 113 cm³/mol. The average molecular weight is 516 g/mol. The first-order chi connectivity index (χ1) is 11.6. The van der Waals surface area contributed by atoms with Gasteiger partial charge in [-0.1, -0.05) is 18.2 Å². The van der Waals surface area contributed by atoms with Gasteiger partial charge in [-0.05, 0) is 73.6 Å². The molecular formula is C17H16BrIN3OP. The minimum absolute atomic E-state index is 0.314. The number of anilines is 1. The number of Topliss-reactive ketones (excluding diaryl/α,β-unsaturated/α-hetero) is 1. The molecule has 4 nitrogen and oxygen atoms in total. The summed E-state index contributed by atoms with van der Waals surface area (Å²) in [5, 5.41) is 11.1. The summed E-state index contributed by atoms with van der Waals surface area (Å²) in [7, 11) is 0. The van der Waals surface area contributed by atoms with Gasteiger partial charge in [0.15, 0.2) is 0 Å². The first-order valence-electron chi connectivity index (χ1n) is 7.58. The number of nitrogens with one attached hydrogen (secondary N) is 2. The normalized spacial score (nSPS) is 14.5. The number of carbonyl (C=O) groups is 1. The number of ketones is 1. The fourth-order valence-electron chi connectivity index (χ4n) is 2.89. The number of hydrogen-bond acceptors (Lipinski definition) is 4. The van der Waals surface area contributed by atoms with Gasteiger partial charge in [-0.2, -0.15) is 0 Å². The van der Waals surface area contributed by atoms with Gasteiger partial charge in [-0.3, -0.25) is 10.2 Å². The van der Waals surface area contributed by atoms with E-state index in [1.807, 2.05) is 12.3 Å². The molecule has 1 atom stereocenters. The number of benzene rings is 1. The second-order valence-electron chi connectivity index (χ2n) is 5.68. The van der Waals surface area contributed by atoms with Crippen LogP contribution in [0.25, 0.3) is 11.1 Å². The third-order valence-electron chi connectivity index (χ3n) is 4.18. The molecule has 0 radical (unpaired) electrons. The molecule has 0 amide bonds. The molecule has 1 aliphatic rings. The van der Waals surface area contributed by atoms with Crippen LogP contribution in [-0.4, -0.2) is 15.4 Å². The predicted octanol–water partition coefficient (Wildman–Crippen LogP) is 5.27. The summed E-state index contributed by atoms with van der Waals surface area (Å²) in [6, 6.07) is 8.35. The Kier molecular flexibility index (Phi) is 6.00. The van der Waals surface area contributed by atoms with E-state index in [4.69, 9.17) is 5.41 Å². The van der Waals surface area contributed by atoms with Crippen LogP contribution in [0.1, 0.15) is 29.5 Å². The van der Waals surface area contributed by atoms with Crippen LogP contribution in [0.5, 0.6) is 0 Å². The van der Waals surface area contributed by atoms with Crippen molar-refractivity contribution in [2.45, 2.75) is 25.7 Å². The van der Waals surface area contributed by atoms with E-state index < -0.39 is 0 Å². The van der Waals surface area contributed by atoms with Gasteiger partial charge in [-0.25, -0.2) is 4.98 Å². The van der Waals surface area contributed by atoms with Gasteiger partial charge in [0.2, 0.25) is 0 Å². The van der Waals surface area contributed by atoms with Crippen LogP contribution >= 0.6 is 44.3 Å². The molecule has 2 N–H and O–H groups in total. The Bertz CT molecular complexity index is 812. The summed E-state index contributed by atoms with van der Waals surface area (Å²) in [5.74, 6) is 1.06. The molecule has 1 aromatic heterocycles. The van der Waals surface area contributed by atoms with E-state index >= 15 is 0 Å². The smallest absolute Gasteiger partial charge is 0.139 e. The number of pyridine rings is 1. The summed E-state index contributed by atoms with van der Waals surface area (Å²) in [6.45, 7) is 0. The molecule has 3 rings (SSSR count). The molecule has 1 aliphatic carbocycles. The molecule has 0 saturated heterocycles. The van der Waals surface area contributed by atoms with Crippen molar-refractivity contribution in [2.24, 2.45) is 0 Å². The number of aromatic nitrogens is 1. The number of halogens is 2. The van der Waals surface area contributed by atoms with Gasteiger partial charge in [0, 0.05) is 36.5 Å². The van der Waals surface area contributed by atoms with Crippen LogP contribution in [0, 0.1) is 5.41 Å². The molecule has 2 aromatic rings. The SMILES string of the molecule is N=C(Br)c1cc(-c2ccc3c(c2)CCC(=O)CC3)cnc1NPI. The molecule has 1 heterocycles. The number of nitrogens with zero attached hydrogens (tertiary/aromatic N) is 1. The monoisotopic (exact) mass is 515 g/mol. The van der Waals surface area contributed by atoms with Crippen LogP contribution in [-0.2, 0) is 17.6 Å². The van der Waals surface area contributed by atoms with Gasteiger partial charge in [0.25, 0.3) is 0 Å². The number of carbonyl (C=O) groups excluding carboxylic acids is 1. The number of rotatable bonds is 4. The number of fused-ring (bicyclic) bond motifs is 1. The zero-order valence-corrected chi connectivity index (χ0v) is 17.6. The highest BCUT2D eigenvalue weighted by Crippen LogP contribution is 2.31. The maximum atomic E-state index is 11.7. The maximum Gasteiger partial charge on any atom is 0.139 e. The quantitative estimate of drug-likeness (QED) is 0.252. The van der Waals surface area contributed by atoms with E-state index in [0.717, 1.165) is 29.5 Å². The van der Waals surface area contributed by atoms with Crippen LogP contribution < -0.4 is 5.09 Å². The Morgan fingerprint density at radius 1 is 1.17 bits per heavy atom. The maximum absolute atomic E-state index is 11.7. The Hall–Kier alpha value is -0.850. The minimum atomic E-state index is 0.314. The van der Waals surface area contributed by atoms with Crippen molar-refractivity contribution in [1.82, 2.24) is 4.98 Å². The van der Waals surface area contributed by atoms with Crippen molar-refractivity contribution in [3.05, 3.63) is 47.2 Å². The lowest BCUT2D eigenvalue weighted by atomic mass is 9.97. The summed E-state index contributed by atoms with van der Waals surface area (Å²) in [6.07, 6.45) is 5.26. The molecule has 1 unspecified atom stereocenters. The molecule has 0 bridgehead atoms. The molecular weight excluding hydrogens is 500 g/mol. The molecule has 0 saturated carbocycles. The van der Waals surface area contributed by atoms with Crippen molar-refractivity contribution in [3.63, 3.8) is 0 Å². The standard InChI is InChI=1S/C17H16BrIN3OP/c18-16(20)15-8-13(9-21-17(15)22-24-19)12-2-1-10-3-5-14(23)6-4-11(10)7-12/h1-2,7-9,20,24H,3-6H2,(H,21,22). The largest absolute Gasteiger partial charge is 0.343 e. The third kappa shape index (κ3) is 4.03. The molecule has 24 heavy (non-hydrogen) atoms. The van der Waals surface area contributed by atoms with E-state index in [1.165, 1.54) is 11.1 Å². The molecule has 0 aliphatic heterocycles. The van der Waals surface area contributed by atoms with Crippen LogP contribution in [0.2, 0.25) is 0 Å². The van der Waals surface area contributed by atoms with Gasteiger partial charge < -0.3 is 5.09 Å². The lowest BCUT2D eigenvalue weighted by Crippen LogP contribution is -1.99. The first-order valence-corrected chi connectivity index (χ1v) is 12.5. The summed E-state index contributed by atoms with van der Waals surface area (Å²) in [5.41, 5.74) is 5.34. The third-order valence-corrected chi connectivity index (χ3v) is 5.74. The molecule has 124 valence electrons. The molecule has 0 fully saturated rings. The van der Waals surface area contributed by atoms with Gasteiger partial charge in [-0.15, -0.1) is 0 Å². The minimum Gasteiger partial charge on any atom is -0.343 e. The second kappa shape index (κ2) is 8.02. The second-order valence-corrected chi connectivity index (χ2v) is 8.53. The Morgan fingerprint density at radius 3 is 2.62 bits per heavy atom. The van der Waals surface area contributed by atoms with E-state index in [1.54, 1.807) is 0 Å². The van der Waals surface area contributed by atoms with Crippen molar-refractivity contribution in [2.75, 3.05) is 5.09 Å². The lowest BCUT2D eigenvalue weighted by Gasteiger charge is -2.12. The zero-order valence-electron chi connectivity index (χ0n) is 12.8. The summed E-state index contributed by atoms with van der Waals surface area (Å²) >= 11 is 5.50. The van der Waals surface area contributed by atoms with Crippen molar-refractivity contribution in [1.29, 1.82) is 5.41 Å². The van der Waals surface area contributed by atoms with Gasteiger partial charge >= 0.3 is 0 Å².